The Kier molecular flexibility index (Phi) is 5.02. The third-order valence-corrected chi connectivity index (χ3v) is 8.64. The highest BCUT2D eigenvalue weighted by molar-refractivity contribution is 6.21. The van der Waals surface area contributed by atoms with E-state index in [0.717, 1.165) is 60.7 Å². The van der Waals surface area contributed by atoms with Crippen LogP contribution in [0.4, 0.5) is 0 Å². The van der Waals surface area contributed by atoms with E-state index in [4.69, 9.17) is 0 Å². The lowest BCUT2D eigenvalue weighted by atomic mass is 10.1. The minimum absolute atomic E-state index is 0.0390. The van der Waals surface area contributed by atoms with Gasteiger partial charge in [-0.1, -0.05) is 91.0 Å². The van der Waals surface area contributed by atoms with Gasteiger partial charge in [-0.2, -0.15) is 0 Å². The van der Waals surface area contributed by atoms with Crippen molar-refractivity contribution in [3.63, 3.8) is 0 Å². The maximum absolute atomic E-state index is 14.7. The average Bonchev–Trinajstić information content (AvgIpc) is 3.59. The summed E-state index contributed by atoms with van der Waals surface area (Å²) in [6.45, 7) is 0. The quantitative estimate of drug-likeness (QED) is 0.215. The fourth-order valence-corrected chi connectivity index (χ4v) is 6.87. The van der Waals surface area contributed by atoms with E-state index < -0.39 is 0 Å². The van der Waals surface area contributed by atoms with E-state index in [1.54, 1.807) is 0 Å². The highest BCUT2D eigenvalue weighted by atomic mass is 16.1. The van der Waals surface area contributed by atoms with Crippen molar-refractivity contribution < 1.29 is 0 Å². The van der Waals surface area contributed by atoms with Crippen LogP contribution in [-0.2, 0) is 0 Å². The Morgan fingerprint density at radius 1 is 0.349 bits per heavy atom. The molecule has 0 atom stereocenters. The lowest BCUT2D eigenvalue weighted by molar-refractivity contribution is 1.04. The van der Waals surface area contributed by atoms with E-state index in [2.05, 4.69) is 112 Å². The first-order chi connectivity index (χ1) is 21.3. The third kappa shape index (κ3) is 3.35. The van der Waals surface area contributed by atoms with Crippen molar-refractivity contribution in [1.82, 2.24) is 13.7 Å². The largest absolute Gasteiger partial charge is 0.309 e. The standard InChI is InChI=1S/C39H25N3O/c43-39-38-37(31-19-9-12-22-35(31)42(39)27-15-5-2-6-16-27)30-18-8-11-21-34(30)41(38)28-23-24-36-32(25-28)29-17-7-10-20-33(29)40(36)26-13-3-1-4-14-26/h1-25H. The summed E-state index contributed by atoms with van der Waals surface area (Å²) < 4.78 is 6.33. The molecule has 0 radical (unpaired) electrons. The molecule has 0 spiro atoms. The Balaban J connectivity index is 1.44. The smallest absolute Gasteiger partial charge is 0.280 e. The summed E-state index contributed by atoms with van der Waals surface area (Å²) in [7, 11) is 0. The number of pyridine rings is 1. The third-order valence-electron chi connectivity index (χ3n) is 8.64. The summed E-state index contributed by atoms with van der Waals surface area (Å²) in [5, 5.41) is 5.42. The monoisotopic (exact) mass is 551 g/mol. The molecule has 0 fully saturated rings. The first-order valence-corrected chi connectivity index (χ1v) is 14.5. The SMILES string of the molecule is O=c1c2c(c3ccccc3n1-c1ccccc1)c1ccccc1n2-c1ccc2c(c1)c1ccccc1n2-c1ccccc1. The second-order valence-corrected chi connectivity index (χ2v) is 11.0. The maximum atomic E-state index is 14.7. The van der Waals surface area contributed by atoms with Crippen LogP contribution in [0.1, 0.15) is 0 Å². The van der Waals surface area contributed by atoms with E-state index in [0.29, 0.717) is 5.52 Å². The van der Waals surface area contributed by atoms with Gasteiger partial charge in [0.15, 0.2) is 0 Å². The van der Waals surface area contributed by atoms with Crippen molar-refractivity contribution in [2.75, 3.05) is 0 Å². The van der Waals surface area contributed by atoms with Gasteiger partial charge in [-0.25, -0.2) is 0 Å². The molecule has 4 heteroatoms. The first kappa shape index (κ1) is 23.8. The molecule has 3 aromatic heterocycles. The molecule has 0 amide bonds. The number of nitrogens with zero attached hydrogens (tertiary/aromatic N) is 3. The molecular weight excluding hydrogens is 526 g/mol. The predicted molar refractivity (Wildman–Crippen MR) is 178 cm³/mol. The molecule has 3 heterocycles. The van der Waals surface area contributed by atoms with Crippen LogP contribution < -0.4 is 5.56 Å². The zero-order valence-corrected chi connectivity index (χ0v) is 23.2. The number of fused-ring (bicyclic) bond motifs is 8. The molecule has 9 rings (SSSR count). The van der Waals surface area contributed by atoms with E-state index in [9.17, 15) is 4.79 Å². The Labute approximate surface area is 246 Å². The molecule has 0 saturated carbocycles. The van der Waals surface area contributed by atoms with E-state index in [1.807, 2.05) is 53.1 Å². The van der Waals surface area contributed by atoms with Crippen molar-refractivity contribution in [3.8, 4) is 17.1 Å². The highest BCUT2D eigenvalue weighted by Crippen LogP contribution is 2.38. The van der Waals surface area contributed by atoms with Crippen LogP contribution in [0, 0.1) is 0 Å². The molecule has 0 N–H and O–H groups in total. The molecule has 43 heavy (non-hydrogen) atoms. The van der Waals surface area contributed by atoms with Crippen molar-refractivity contribution in [3.05, 3.63) is 162 Å². The Morgan fingerprint density at radius 2 is 0.814 bits per heavy atom. The molecule has 9 aromatic rings. The molecule has 0 bridgehead atoms. The molecule has 0 saturated heterocycles. The Morgan fingerprint density at radius 3 is 1.44 bits per heavy atom. The summed E-state index contributed by atoms with van der Waals surface area (Å²) in [5.74, 6) is 0. The van der Waals surface area contributed by atoms with Crippen LogP contribution in [-0.4, -0.2) is 13.7 Å². The molecule has 4 nitrogen and oxygen atoms in total. The second-order valence-electron chi connectivity index (χ2n) is 11.0. The lowest BCUT2D eigenvalue weighted by Crippen LogP contribution is -2.21. The summed E-state index contributed by atoms with van der Waals surface area (Å²) in [4.78, 5) is 14.7. The van der Waals surface area contributed by atoms with Gasteiger partial charge in [-0.3, -0.25) is 9.36 Å². The summed E-state index contributed by atoms with van der Waals surface area (Å²) in [6, 6.07) is 52.1. The van der Waals surface area contributed by atoms with Crippen molar-refractivity contribution >= 4 is 54.5 Å². The van der Waals surface area contributed by atoms with Crippen LogP contribution in [0.2, 0.25) is 0 Å². The lowest BCUT2D eigenvalue weighted by Gasteiger charge is -2.14. The van der Waals surface area contributed by atoms with Gasteiger partial charge >= 0.3 is 0 Å². The molecular formula is C39H25N3O. The molecule has 6 aromatic carbocycles. The number of para-hydroxylation sites is 5. The fourth-order valence-electron chi connectivity index (χ4n) is 6.87. The van der Waals surface area contributed by atoms with E-state index in [-0.39, 0.29) is 5.56 Å². The van der Waals surface area contributed by atoms with Gasteiger partial charge in [0.05, 0.1) is 22.1 Å². The van der Waals surface area contributed by atoms with E-state index >= 15 is 0 Å². The average molecular weight is 552 g/mol. The summed E-state index contributed by atoms with van der Waals surface area (Å²) in [6.07, 6.45) is 0. The van der Waals surface area contributed by atoms with Gasteiger partial charge < -0.3 is 9.13 Å². The van der Waals surface area contributed by atoms with Crippen LogP contribution in [0.5, 0.6) is 0 Å². The van der Waals surface area contributed by atoms with Gasteiger partial charge in [0.2, 0.25) is 0 Å². The number of hydrogen-bond donors (Lipinski definition) is 0. The zero-order chi connectivity index (χ0) is 28.5. The van der Waals surface area contributed by atoms with Crippen molar-refractivity contribution in [1.29, 1.82) is 0 Å². The maximum Gasteiger partial charge on any atom is 0.280 e. The Bertz CT molecular complexity index is 2570. The van der Waals surface area contributed by atoms with Crippen molar-refractivity contribution in [2.45, 2.75) is 0 Å². The fraction of sp³-hybridized carbons (Fsp3) is 0. The van der Waals surface area contributed by atoms with E-state index in [1.165, 1.54) is 5.39 Å². The Hall–Kier alpha value is -5.87. The van der Waals surface area contributed by atoms with Crippen LogP contribution in [0.15, 0.2) is 156 Å². The van der Waals surface area contributed by atoms with Gasteiger partial charge in [0, 0.05) is 44.0 Å². The molecule has 0 unspecified atom stereocenters. The summed E-state index contributed by atoms with van der Waals surface area (Å²) in [5.41, 5.74) is 7.76. The molecule has 202 valence electrons. The molecule has 0 aliphatic rings. The summed E-state index contributed by atoms with van der Waals surface area (Å²) >= 11 is 0. The van der Waals surface area contributed by atoms with Gasteiger partial charge in [-0.05, 0) is 60.7 Å². The predicted octanol–water partition coefficient (Wildman–Crippen LogP) is 9.18. The normalized spacial score (nSPS) is 11.8. The van der Waals surface area contributed by atoms with Crippen LogP contribution in [0.25, 0.3) is 71.6 Å². The topological polar surface area (TPSA) is 31.9 Å². The second kappa shape index (κ2) is 9.07. The first-order valence-electron chi connectivity index (χ1n) is 14.5. The van der Waals surface area contributed by atoms with Crippen LogP contribution >= 0.6 is 0 Å². The highest BCUT2D eigenvalue weighted by Gasteiger charge is 2.22. The van der Waals surface area contributed by atoms with Gasteiger partial charge in [0.1, 0.15) is 5.52 Å². The van der Waals surface area contributed by atoms with Gasteiger partial charge in [0.25, 0.3) is 5.56 Å². The van der Waals surface area contributed by atoms with Gasteiger partial charge in [-0.15, -0.1) is 0 Å². The minimum Gasteiger partial charge on any atom is -0.309 e. The number of benzene rings is 6. The number of rotatable bonds is 3. The van der Waals surface area contributed by atoms with Crippen LogP contribution in [0.3, 0.4) is 0 Å². The zero-order valence-electron chi connectivity index (χ0n) is 23.2. The molecule has 0 aliphatic carbocycles. The number of aromatic nitrogens is 3. The van der Waals surface area contributed by atoms with Crippen molar-refractivity contribution in [2.24, 2.45) is 0 Å². The number of hydrogen-bond acceptors (Lipinski definition) is 1. The molecule has 0 aliphatic heterocycles. The minimum atomic E-state index is -0.0390.